The number of aromatic nitrogens is 6. The maximum Gasteiger partial charge on any atom is 0.410 e. The van der Waals surface area contributed by atoms with Gasteiger partial charge in [0.05, 0.1) is 24.5 Å². The average molecular weight is 538 g/mol. The van der Waals surface area contributed by atoms with Crippen molar-refractivity contribution in [1.82, 2.24) is 34.4 Å². The molecule has 5 heterocycles. The maximum absolute atomic E-state index is 12.4. The standard InChI is InChI=1S/C31H35N7O2/c1-21(22-8-6-5-7-9-22)37-20-25(17-34-37)28-18-33-29-27(28)14-23(15-32-29)24-16-35-38(19-24)26-10-12-36(13-11-26)30(39)40-31(2,3)4/h5-9,14-21,26H,10-13H2,1-4H3,(H,32,33). The molecule has 1 aromatic carbocycles. The van der Waals surface area contributed by atoms with Gasteiger partial charge in [-0.05, 0) is 52.2 Å². The molecule has 0 aliphatic carbocycles. The van der Waals surface area contributed by atoms with Crippen LogP contribution in [0.15, 0.2) is 73.6 Å². The molecule has 4 aromatic heterocycles. The van der Waals surface area contributed by atoms with E-state index in [9.17, 15) is 4.79 Å². The smallest absolute Gasteiger partial charge is 0.410 e. The molecule has 1 aliphatic rings. The van der Waals surface area contributed by atoms with E-state index in [1.165, 1.54) is 5.56 Å². The zero-order chi connectivity index (χ0) is 27.9. The van der Waals surface area contributed by atoms with Crippen LogP contribution in [0.2, 0.25) is 0 Å². The molecule has 1 amide bonds. The van der Waals surface area contributed by atoms with Crippen LogP contribution in [0.25, 0.3) is 33.3 Å². The molecule has 6 rings (SSSR count). The number of aromatic amines is 1. The maximum atomic E-state index is 12.4. The molecule has 1 fully saturated rings. The van der Waals surface area contributed by atoms with E-state index in [1.54, 1.807) is 4.90 Å². The molecule has 1 saturated heterocycles. The number of nitrogens with zero attached hydrogens (tertiary/aromatic N) is 6. The molecule has 206 valence electrons. The molecule has 1 N–H and O–H groups in total. The number of pyridine rings is 1. The molecule has 5 aromatic rings. The largest absolute Gasteiger partial charge is 0.444 e. The van der Waals surface area contributed by atoms with Gasteiger partial charge >= 0.3 is 6.09 Å². The Morgan fingerprint density at radius 3 is 2.50 bits per heavy atom. The third kappa shape index (κ3) is 5.23. The number of rotatable bonds is 5. The first-order valence-electron chi connectivity index (χ1n) is 13.8. The van der Waals surface area contributed by atoms with E-state index in [0.717, 1.165) is 46.1 Å². The Bertz CT molecular complexity index is 1620. The van der Waals surface area contributed by atoms with Crippen LogP contribution in [0, 0.1) is 0 Å². The Morgan fingerprint density at radius 2 is 1.75 bits per heavy atom. The lowest BCUT2D eigenvalue weighted by Gasteiger charge is -2.33. The van der Waals surface area contributed by atoms with E-state index in [0.29, 0.717) is 13.1 Å². The molecule has 0 saturated carbocycles. The second kappa shape index (κ2) is 10.3. The number of hydrogen-bond donors (Lipinski definition) is 1. The first-order valence-corrected chi connectivity index (χ1v) is 13.8. The zero-order valence-electron chi connectivity index (χ0n) is 23.4. The van der Waals surface area contributed by atoms with Gasteiger partial charge in [-0.2, -0.15) is 10.2 Å². The summed E-state index contributed by atoms with van der Waals surface area (Å²) in [6.07, 6.45) is 13.3. The summed E-state index contributed by atoms with van der Waals surface area (Å²) in [5, 5.41) is 10.4. The van der Waals surface area contributed by atoms with Crippen molar-refractivity contribution in [3.05, 3.63) is 79.1 Å². The lowest BCUT2D eigenvalue weighted by Crippen LogP contribution is -2.42. The van der Waals surface area contributed by atoms with Crippen molar-refractivity contribution < 1.29 is 9.53 Å². The Labute approximate surface area is 233 Å². The van der Waals surface area contributed by atoms with E-state index in [-0.39, 0.29) is 18.2 Å². The van der Waals surface area contributed by atoms with E-state index < -0.39 is 5.60 Å². The predicted molar refractivity (Wildman–Crippen MR) is 155 cm³/mol. The van der Waals surface area contributed by atoms with E-state index in [1.807, 2.05) is 61.0 Å². The van der Waals surface area contributed by atoms with Gasteiger partial charge in [0.2, 0.25) is 0 Å². The second-order valence-electron chi connectivity index (χ2n) is 11.5. The SMILES string of the molecule is CC(c1ccccc1)n1cc(-c2c[nH]c3ncc(-c4cnn(C5CCN(C(=O)OC(C)(C)C)CC5)c4)cc23)cn1. The predicted octanol–water partition coefficient (Wildman–Crippen LogP) is 6.47. The molecule has 0 spiro atoms. The van der Waals surface area contributed by atoms with Crippen LogP contribution in [-0.4, -0.2) is 59.2 Å². The Balaban J connectivity index is 1.18. The summed E-state index contributed by atoms with van der Waals surface area (Å²) in [6.45, 7) is 9.15. The van der Waals surface area contributed by atoms with Gasteiger partial charge in [0, 0.05) is 65.5 Å². The first kappa shape index (κ1) is 25.9. The quantitative estimate of drug-likeness (QED) is 0.277. The van der Waals surface area contributed by atoms with Gasteiger partial charge in [0.1, 0.15) is 11.2 Å². The van der Waals surface area contributed by atoms with Gasteiger partial charge in [-0.3, -0.25) is 9.36 Å². The normalized spacial score (nSPS) is 15.4. The number of fused-ring (bicyclic) bond motifs is 1. The topological polar surface area (TPSA) is 93.9 Å². The highest BCUT2D eigenvalue weighted by Gasteiger charge is 2.28. The minimum atomic E-state index is -0.486. The Hall–Kier alpha value is -4.40. The number of likely N-dealkylation sites (tertiary alicyclic amines) is 1. The van der Waals surface area contributed by atoms with Crippen molar-refractivity contribution in [1.29, 1.82) is 0 Å². The van der Waals surface area contributed by atoms with Crippen LogP contribution < -0.4 is 0 Å². The van der Waals surface area contributed by atoms with Crippen molar-refractivity contribution in [2.75, 3.05) is 13.1 Å². The summed E-state index contributed by atoms with van der Waals surface area (Å²) in [4.78, 5) is 22.2. The lowest BCUT2D eigenvalue weighted by molar-refractivity contribution is 0.0185. The summed E-state index contributed by atoms with van der Waals surface area (Å²) in [6, 6.07) is 12.9. The van der Waals surface area contributed by atoms with Gasteiger partial charge in [-0.25, -0.2) is 9.78 Å². The summed E-state index contributed by atoms with van der Waals surface area (Å²) in [7, 11) is 0. The molecule has 0 bridgehead atoms. The van der Waals surface area contributed by atoms with Crippen molar-refractivity contribution in [3.63, 3.8) is 0 Å². The van der Waals surface area contributed by atoms with Gasteiger partial charge in [0.15, 0.2) is 0 Å². The highest BCUT2D eigenvalue weighted by atomic mass is 16.6. The molecule has 9 nitrogen and oxygen atoms in total. The monoisotopic (exact) mass is 537 g/mol. The van der Waals surface area contributed by atoms with Crippen molar-refractivity contribution >= 4 is 17.1 Å². The molecule has 40 heavy (non-hydrogen) atoms. The number of carbonyl (C=O) groups is 1. The van der Waals surface area contributed by atoms with Crippen molar-refractivity contribution in [2.45, 2.75) is 58.2 Å². The molecule has 9 heteroatoms. The van der Waals surface area contributed by atoms with Crippen molar-refractivity contribution in [2.24, 2.45) is 0 Å². The fraction of sp³-hybridized carbons (Fsp3) is 0.355. The van der Waals surface area contributed by atoms with Crippen molar-refractivity contribution in [3.8, 4) is 22.3 Å². The zero-order valence-corrected chi connectivity index (χ0v) is 23.4. The number of piperidine rings is 1. The van der Waals surface area contributed by atoms with Crippen LogP contribution in [-0.2, 0) is 4.74 Å². The van der Waals surface area contributed by atoms with Crippen LogP contribution >= 0.6 is 0 Å². The highest BCUT2D eigenvalue weighted by Crippen LogP contribution is 2.32. The highest BCUT2D eigenvalue weighted by molar-refractivity contribution is 5.95. The summed E-state index contributed by atoms with van der Waals surface area (Å²) < 4.78 is 9.56. The number of H-pyrrole nitrogens is 1. The van der Waals surface area contributed by atoms with Crippen LogP contribution in [0.4, 0.5) is 4.79 Å². The molecule has 1 unspecified atom stereocenters. The number of hydrogen-bond acceptors (Lipinski definition) is 5. The summed E-state index contributed by atoms with van der Waals surface area (Å²) >= 11 is 0. The van der Waals surface area contributed by atoms with Gasteiger partial charge < -0.3 is 14.6 Å². The van der Waals surface area contributed by atoms with Gasteiger partial charge in [0.25, 0.3) is 0 Å². The van der Waals surface area contributed by atoms with E-state index >= 15 is 0 Å². The third-order valence-corrected chi connectivity index (χ3v) is 7.55. The van der Waals surface area contributed by atoms with E-state index in [4.69, 9.17) is 9.72 Å². The summed E-state index contributed by atoms with van der Waals surface area (Å²) in [5.41, 5.74) is 5.70. The minimum absolute atomic E-state index is 0.135. The lowest BCUT2D eigenvalue weighted by atomic mass is 10.0. The fourth-order valence-electron chi connectivity index (χ4n) is 5.30. The molecule has 1 atom stereocenters. The Morgan fingerprint density at radius 1 is 1.00 bits per heavy atom. The molecular formula is C31H35N7O2. The number of carbonyl (C=O) groups excluding carboxylic acids is 1. The minimum Gasteiger partial charge on any atom is -0.444 e. The second-order valence-corrected chi connectivity index (χ2v) is 11.5. The third-order valence-electron chi connectivity index (χ3n) is 7.55. The first-order chi connectivity index (χ1) is 19.2. The number of ether oxygens (including phenoxy) is 1. The number of benzene rings is 1. The Kier molecular flexibility index (Phi) is 6.65. The molecule has 1 aliphatic heterocycles. The van der Waals surface area contributed by atoms with E-state index in [2.05, 4.69) is 64.8 Å². The van der Waals surface area contributed by atoms with Crippen LogP contribution in [0.3, 0.4) is 0 Å². The van der Waals surface area contributed by atoms with Crippen LogP contribution in [0.5, 0.6) is 0 Å². The number of amides is 1. The van der Waals surface area contributed by atoms with Crippen LogP contribution in [0.1, 0.15) is 58.2 Å². The summed E-state index contributed by atoms with van der Waals surface area (Å²) in [5.74, 6) is 0. The fourth-order valence-corrected chi connectivity index (χ4v) is 5.30. The molecule has 0 radical (unpaired) electrons. The average Bonchev–Trinajstić information content (AvgIpc) is 3.72. The van der Waals surface area contributed by atoms with Gasteiger partial charge in [-0.15, -0.1) is 0 Å². The number of nitrogens with one attached hydrogen (secondary N) is 1. The molecular weight excluding hydrogens is 502 g/mol. The van der Waals surface area contributed by atoms with Gasteiger partial charge in [-0.1, -0.05) is 30.3 Å².